The van der Waals surface area contributed by atoms with E-state index >= 15 is 0 Å². The highest BCUT2D eigenvalue weighted by atomic mass is 32.2. The minimum atomic E-state index is -4.17. The molecule has 3 aromatic heterocycles. The molecule has 5 aromatic rings. The molecule has 1 aliphatic carbocycles. The summed E-state index contributed by atoms with van der Waals surface area (Å²) in [6, 6.07) is 15.5. The number of carbonyl (C=O) groups is 1. The van der Waals surface area contributed by atoms with Crippen LogP contribution in [0.1, 0.15) is 91.2 Å². The quantitative estimate of drug-likeness (QED) is 0.194. The van der Waals surface area contributed by atoms with Gasteiger partial charge in [-0.2, -0.15) is 4.98 Å². The lowest BCUT2D eigenvalue weighted by Crippen LogP contribution is -2.44. The molecular formula is C39H45N7O4S. The molecule has 0 spiro atoms. The van der Waals surface area contributed by atoms with Crippen LogP contribution >= 0.6 is 0 Å². The van der Waals surface area contributed by atoms with Crippen LogP contribution in [0.2, 0.25) is 0 Å². The van der Waals surface area contributed by atoms with Gasteiger partial charge in [-0.25, -0.2) is 23.1 Å². The molecule has 266 valence electrons. The number of sulfonamides is 1. The number of fused-ring (bicyclic) bond motifs is 5. The lowest BCUT2D eigenvalue weighted by molar-refractivity contribution is 0.0527. The van der Waals surface area contributed by atoms with E-state index in [2.05, 4.69) is 39.2 Å². The molecular weight excluding hydrogens is 663 g/mol. The molecule has 0 unspecified atom stereocenters. The van der Waals surface area contributed by atoms with Gasteiger partial charge in [-0.1, -0.05) is 70.2 Å². The number of benzene rings is 2. The molecule has 1 saturated carbocycles. The Kier molecular flexibility index (Phi) is 9.54. The zero-order chi connectivity index (χ0) is 35.9. The summed E-state index contributed by atoms with van der Waals surface area (Å²) in [5.41, 5.74) is 6.96. The van der Waals surface area contributed by atoms with Crippen molar-refractivity contribution in [3.05, 3.63) is 88.9 Å². The molecule has 4 heterocycles. The fraction of sp³-hybridized carbons (Fsp3) is 0.410. The first-order valence-corrected chi connectivity index (χ1v) is 19.3. The molecule has 1 amide bonds. The number of carbonyl (C=O) groups excluding carboxylic acids is 1. The Morgan fingerprint density at radius 1 is 0.961 bits per heavy atom. The molecule has 4 bridgehead atoms. The van der Waals surface area contributed by atoms with E-state index in [9.17, 15) is 13.2 Å². The van der Waals surface area contributed by atoms with Crippen molar-refractivity contribution in [1.82, 2.24) is 29.4 Å². The van der Waals surface area contributed by atoms with Gasteiger partial charge in [0, 0.05) is 29.9 Å². The van der Waals surface area contributed by atoms with Gasteiger partial charge in [0.05, 0.1) is 35.1 Å². The van der Waals surface area contributed by atoms with Crippen molar-refractivity contribution in [2.45, 2.75) is 89.6 Å². The van der Waals surface area contributed by atoms with Crippen LogP contribution in [0.25, 0.3) is 22.4 Å². The molecule has 1 N–H and O–H groups in total. The number of nitrogens with zero attached hydrogens (tertiary/aromatic N) is 6. The number of anilines is 1. The van der Waals surface area contributed by atoms with Crippen molar-refractivity contribution >= 4 is 33.0 Å². The second kappa shape index (κ2) is 14.1. The first-order chi connectivity index (χ1) is 24.5. The van der Waals surface area contributed by atoms with Crippen LogP contribution in [0.3, 0.4) is 0 Å². The Balaban J connectivity index is 1.35. The molecule has 12 heteroatoms. The molecule has 7 rings (SSSR count). The smallest absolute Gasteiger partial charge is 0.264 e. The van der Waals surface area contributed by atoms with Crippen molar-refractivity contribution in [1.29, 1.82) is 0 Å². The number of aryl methyl sites for hydroxylation is 3. The van der Waals surface area contributed by atoms with Crippen LogP contribution in [-0.2, 0) is 23.6 Å². The largest absolute Gasteiger partial charge is 0.475 e. The molecule has 51 heavy (non-hydrogen) atoms. The second-order valence-corrected chi connectivity index (χ2v) is 16.0. The first-order valence-electron chi connectivity index (χ1n) is 17.8. The zero-order valence-electron chi connectivity index (χ0n) is 29.9. The van der Waals surface area contributed by atoms with Gasteiger partial charge in [0.25, 0.3) is 15.9 Å². The van der Waals surface area contributed by atoms with Gasteiger partial charge in [0.2, 0.25) is 11.8 Å². The molecule has 0 saturated heterocycles. The number of hydrogen-bond donors (Lipinski definition) is 1. The fourth-order valence-corrected chi connectivity index (χ4v) is 8.60. The minimum absolute atomic E-state index is 0.0637. The van der Waals surface area contributed by atoms with Gasteiger partial charge in [-0.05, 0) is 67.5 Å². The maximum absolute atomic E-state index is 14.7. The first kappa shape index (κ1) is 34.6. The van der Waals surface area contributed by atoms with E-state index in [0.717, 1.165) is 65.7 Å². The molecule has 1 aliphatic heterocycles. The van der Waals surface area contributed by atoms with Crippen molar-refractivity contribution in [3.8, 4) is 17.1 Å². The predicted octanol–water partition coefficient (Wildman–Crippen LogP) is 7.34. The monoisotopic (exact) mass is 707 g/mol. The highest BCUT2D eigenvalue weighted by Crippen LogP contribution is 2.33. The number of aromatic nitrogens is 5. The van der Waals surface area contributed by atoms with E-state index in [1.807, 2.05) is 39.1 Å². The van der Waals surface area contributed by atoms with Crippen molar-refractivity contribution in [3.63, 3.8) is 0 Å². The van der Waals surface area contributed by atoms with Crippen LogP contribution < -0.4 is 9.46 Å². The Hall–Kier alpha value is -4.84. The highest BCUT2D eigenvalue weighted by molar-refractivity contribution is 7.92. The zero-order valence-corrected chi connectivity index (χ0v) is 30.7. The van der Waals surface area contributed by atoms with Gasteiger partial charge in [-0.15, -0.1) is 0 Å². The van der Waals surface area contributed by atoms with Crippen molar-refractivity contribution < 1.29 is 17.9 Å². The van der Waals surface area contributed by atoms with E-state index in [1.165, 1.54) is 18.6 Å². The van der Waals surface area contributed by atoms with Crippen LogP contribution in [0.5, 0.6) is 5.88 Å². The van der Waals surface area contributed by atoms with E-state index in [0.29, 0.717) is 23.2 Å². The third kappa shape index (κ3) is 7.19. The number of rotatable bonds is 6. The molecule has 11 nitrogen and oxygen atoms in total. The number of amides is 1. The Morgan fingerprint density at radius 2 is 1.71 bits per heavy atom. The minimum Gasteiger partial charge on any atom is -0.475 e. The fourth-order valence-electron chi connectivity index (χ4n) is 7.61. The summed E-state index contributed by atoms with van der Waals surface area (Å²) in [7, 11) is -2.19. The summed E-state index contributed by atoms with van der Waals surface area (Å²) >= 11 is 0. The summed E-state index contributed by atoms with van der Waals surface area (Å²) in [6.45, 7) is 8.57. The Labute approximate surface area is 299 Å². The molecule has 1 fully saturated rings. The van der Waals surface area contributed by atoms with Crippen LogP contribution in [0.4, 0.5) is 5.95 Å². The summed E-state index contributed by atoms with van der Waals surface area (Å²) in [5, 5.41) is 0. The molecule has 2 aromatic carbocycles. The average Bonchev–Trinajstić information content (AvgIpc) is 3.44. The molecule has 1 atom stereocenters. The third-order valence-corrected chi connectivity index (χ3v) is 11.6. The standard InChI is InChI=1S/C39H45N7O4S/c1-24(2)34-19-33-37(45(34)5)41-29(21-40-33)22-46-30(17-27-13-7-6-8-14-27)23-50-35-20-32(36-25(3)11-9-12-26(36)4)42-39(43-35)44-51(48,49)31-16-10-15-28(18-31)38(46)47/h9-12,15-16,18-21,24,27,30H,6-8,13-14,17,22-23H2,1-5H3,(H,42,43,44)/t30-/m1/s1. The molecule has 2 aliphatic rings. The van der Waals surface area contributed by atoms with Crippen LogP contribution in [-0.4, -0.2) is 56.4 Å². The summed E-state index contributed by atoms with van der Waals surface area (Å²) < 4.78 is 38.7. The van der Waals surface area contributed by atoms with E-state index < -0.39 is 10.0 Å². The predicted molar refractivity (Wildman–Crippen MR) is 197 cm³/mol. The van der Waals surface area contributed by atoms with E-state index in [-0.39, 0.29) is 47.4 Å². The van der Waals surface area contributed by atoms with Gasteiger partial charge in [0.15, 0.2) is 5.65 Å². The van der Waals surface area contributed by atoms with Crippen LogP contribution in [0.15, 0.2) is 65.7 Å². The second-order valence-electron chi connectivity index (χ2n) is 14.3. The summed E-state index contributed by atoms with van der Waals surface area (Å²) in [4.78, 5) is 35.3. The normalized spacial score (nSPS) is 18.1. The van der Waals surface area contributed by atoms with E-state index in [4.69, 9.17) is 14.7 Å². The highest BCUT2D eigenvalue weighted by Gasteiger charge is 2.32. The van der Waals surface area contributed by atoms with Crippen molar-refractivity contribution in [2.24, 2.45) is 13.0 Å². The summed E-state index contributed by atoms with van der Waals surface area (Å²) in [6.07, 6.45) is 8.14. The van der Waals surface area contributed by atoms with Crippen LogP contribution in [0, 0.1) is 19.8 Å². The van der Waals surface area contributed by atoms with Gasteiger partial charge in [-0.3, -0.25) is 9.78 Å². The van der Waals surface area contributed by atoms with Gasteiger partial charge >= 0.3 is 0 Å². The average molecular weight is 708 g/mol. The number of hydrogen-bond acceptors (Lipinski definition) is 8. The Morgan fingerprint density at radius 3 is 2.45 bits per heavy atom. The Bertz CT molecular complexity index is 2190. The maximum Gasteiger partial charge on any atom is 0.264 e. The summed E-state index contributed by atoms with van der Waals surface area (Å²) in [5.74, 6) is 0.518. The lowest BCUT2D eigenvalue weighted by atomic mass is 9.84. The van der Waals surface area contributed by atoms with E-state index in [1.54, 1.807) is 29.3 Å². The topological polar surface area (TPSA) is 132 Å². The maximum atomic E-state index is 14.7. The number of nitrogens with one attached hydrogen (secondary N) is 1. The van der Waals surface area contributed by atoms with Gasteiger partial charge < -0.3 is 14.2 Å². The lowest BCUT2D eigenvalue weighted by Gasteiger charge is -2.35. The third-order valence-electron chi connectivity index (χ3n) is 10.3. The number of ether oxygens (including phenoxy) is 1. The van der Waals surface area contributed by atoms with Crippen molar-refractivity contribution in [2.75, 3.05) is 11.3 Å². The van der Waals surface area contributed by atoms with Gasteiger partial charge in [0.1, 0.15) is 12.1 Å². The molecule has 0 radical (unpaired) electrons. The SMILES string of the molecule is Cc1cccc(C)c1-c1cc2nc(n1)NS(=O)(=O)c1cccc(c1)C(=O)N(Cc1cnc3cc(C(C)C)n(C)c3n1)[C@H](CC1CCCCC1)CO2.